The molecule has 4 unspecified atom stereocenters. The topological polar surface area (TPSA) is 47.7 Å². The van der Waals surface area contributed by atoms with Gasteiger partial charge in [-0.25, -0.2) is 0 Å². The first-order chi connectivity index (χ1) is 7.67. The Balaban J connectivity index is 2.60. The van der Waals surface area contributed by atoms with E-state index in [0.717, 1.165) is 19.5 Å². The Morgan fingerprint density at radius 2 is 1.75 bits per heavy atom. The molecule has 0 aliphatic carbocycles. The van der Waals surface area contributed by atoms with Crippen LogP contribution in [0.5, 0.6) is 0 Å². The van der Waals surface area contributed by atoms with Crippen LogP contribution >= 0.6 is 0 Å². The fourth-order valence-electron chi connectivity index (χ4n) is 2.51. The lowest BCUT2D eigenvalue weighted by molar-refractivity contribution is -0.00461. The molecule has 0 saturated carbocycles. The lowest BCUT2D eigenvalue weighted by Crippen LogP contribution is -2.44. The first-order valence-electron chi connectivity index (χ1n) is 6.17. The summed E-state index contributed by atoms with van der Waals surface area (Å²) >= 11 is 0. The van der Waals surface area contributed by atoms with Crippen LogP contribution in [0.3, 0.4) is 0 Å². The highest BCUT2D eigenvalue weighted by atomic mass is 16.5. The highest BCUT2D eigenvalue weighted by Crippen LogP contribution is 2.22. The van der Waals surface area contributed by atoms with Gasteiger partial charge in [-0.15, -0.1) is 0 Å². The standard InChI is InChI=1S/C12H26N2O2/c1-5-9(2)10(6-13)14-7-11(15-3)12(8-14)16-4/h9-12H,5-8,13H2,1-4H3. The van der Waals surface area contributed by atoms with Gasteiger partial charge in [-0.1, -0.05) is 20.3 Å². The molecule has 0 aromatic heterocycles. The van der Waals surface area contributed by atoms with Gasteiger partial charge in [-0.05, 0) is 5.92 Å². The van der Waals surface area contributed by atoms with Gasteiger partial charge in [0, 0.05) is 39.9 Å². The van der Waals surface area contributed by atoms with Gasteiger partial charge in [0.1, 0.15) is 0 Å². The number of likely N-dealkylation sites (tertiary alicyclic amines) is 1. The van der Waals surface area contributed by atoms with Crippen molar-refractivity contribution in [2.45, 2.75) is 38.5 Å². The number of methoxy groups -OCH3 is 2. The third-order valence-electron chi connectivity index (χ3n) is 3.86. The molecule has 0 amide bonds. The number of rotatable bonds is 6. The monoisotopic (exact) mass is 230 g/mol. The molecule has 1 fully saturated rings. The number of nitrogens with zero attached hydrogens (tertiary/aromatic N) is 1. The van der Waals surface area contributed by atoms with Crippen molar-refractivity contribution in [1.29, 1.82) is 0 Å². The zero-order valence-corrected chi connectivity index (χ0v) is 11.0. The van der Waals surface area contributed by atoms with Gasteiger partial charge in [0.15, 0.2) is 0 Å². The number of ether oxygens (including phenoxy) is 2. The van der Waals surface area contributed by atoms with Crippen LogP contribution in [0.25, 0.3) is 0 Å². The molecule has 1 aliphatic heterocycles. The predicted octanol–water partition coefficient (Wildman–Crippen LogP) is 0.705. The van der Waals surface area contributed by atoms with Gasteiger partial charge < -0.3 is 15.2 Å². The average Bonchev–Trinajstić information content (AvgIpc) is 2.72. The van der Waals surface area contributed by atoms with E-state index in [0.29, 0.717) is 18.5 Å². The van der Waals surface area contributed by atoms with E-state index in [1.807, 2.05) is 0 Å². The predicted molar refractivity (Wildman–Crippen MR) is 65.5 cm³/mol. The summed E-state index contributed by atoms with van der Waals surface area (Å²) in [6, 6.07) is 0.447. The van der Waals surface area contributed by atoms with E-state index < -0.39 is 0 Å². The van der Waals surface area contributed by atoms with Crippen molar-refractivity contribution in [3.63, 3.8) is 0 Å². The van der Waals surface area contributed by atoms with E-state index >= 15 is 0 Å². The van der Waals surface area contributed by atoms with Crippen LogP contribution < -0.4 is 5.73 Å². The van der Waals surface area contributed by atoms with Crippen molar-refractivity contribution >= 4 is 0 Å². The first kappa shape index (κ1) is 13.9. The summed E-state index contributed by atoms with van der Waals surface area (Å²) in [5.41, 5.74) is 5.88. The number of nitrogens with two attached hydrogens (primary N) is 1. The lowest BCUT2D eigenvalue weighted by atomic mass is 9.98. The smallest absolute Gasteiger partial charge is 0.0971 e. The van der Waals surface area contributed by atoms with Crippen molar-refractivity contribution in [3.8, 4) is 0 Å². The molecule has 4 heteroatoms. The zero-order valence-electron chi connectivity index (χ0n) is 11.0. The van der Waals surface area contributed by atoms with E-state index in [9.17, 15) is 0 Å². The minimum absolute atomic E-state index is 0.183. The number of hydrogen-bond donors (Lipinski definition) is 1. The van der Waals surface area contributed by atoms with E-state index in [2.05, 4.69) is 18.7 Å². The Bertz CT molecular complexity index is 189. The molecule has 2 N–H and O–H groups in total. The Kier molecular flexibility index (Phi) is 5.69. The Morgan fingerprint density at radius 1 is 1.25 bits per heavy atom. The lowest BCUT2D eigenvalue weighted by Gasteiger charge is -2.31. The summed E-state index contributed by atoms with van der Waals surface area (Å²) in [5, 5.41) is 0. The van der Waals surface area contributed by atoms with Crippen molar-refractivity contribution in [2.24, 2.45) is 11.7 Å². The van der Waals surface area contributed by atoms with Gasteiger partial charge in [0.05, 0.1) is 12.2 Å². The zero-order chi connectivity index (χ0) is 12.1. The maximum atomic E-state index is 5.88. The van der Waals surface area contributed by atoms with Crippen LogP contribution in [-0.2, 0) is 9.47 Å². The van der Waals surface area contributed by atoms with Crippen LogP contribution in [0.15, 0.2) is 0 Å². The highest BCUT2D eigenvalue weighted by Gasteiger charge is 2.37. The minimum atomic E-state index is 0.183. The summed E-state index contributed by atoms with van der Waals surface area (Å²) in [6.07, 6.45) is 1.53. The summed E-state index contributed by atoms with van der Waals surface area (Å²) in [4.78, 5) is 2.41. The fourth-order valence-corrected chi connectivity index (χ4v) is 2.51. The molecule has 96 valence electrons. The average molecular weight is 230 g/mol. The molecule has 1 saturated heterocycles. The summed E-state index contributed by atoms with van der Waals surface area (Å²) in [7, 11) is 3.50. The van der Waals surface area contributed by atoms with Crippen LogP contribution in [0.1, 0.15) is 20.3 Å². The second-order valence-corrected chi connectivity index (χ2v) is 4.69. The molecule has 0 bridgehead atoms. The summed E-state index contributed by atoms with van der Waals surface area (Å²) < 4.78 is 10.9. The van der Waals surface area contributed by atoms with Crippen molar-refractivity contribution in [2.75, 3.05) is 33.9 Å². The van der Waals surface area contributed by atoms with E-state index in [1.165, 1.54) is 0 Å². The maximum Gasteiger partial charge on any atom is 0.0971 e. The fraction of sp³-hybridized carbons (Fsp3) is 1.00. The van der Waals surface area contributed by atoms with Gasteiger partial charge in [-0.2, -0.15) is 0 Å². The molecule has 1 heterocycles. The quantitative estimate of drug-likeness (QED) is 0.730. The second-order valence-electron chi connectivity index (χ2n) is 4.69. The van der Waals surface area contributed by atoms with Crippen LogP contribution in [0.2, 0.25) is 0 Å². The van der Waals surface area contributed by atoms with Gasteiger partial charge in [0.25, 0.3) is 0 Å². The largest absolute Gasteiger partial charge is 0.377 e. The first-order valence-corrected chi connectivity index (χ1v) is 6.17. The minimum Gasteiger partial charge on any atom is -0.377 e. The second kappa shape index (κ2) is 6.55. The normalized spacial score (nSPS) is 30.6. The number of hydrogen-bond acceptors (Lipinski definition) is 4. The van der Waals surface area contributed by atoms with Crippen molar-refractivity contribution in [1.82, 2.24) is 4.90 Å². The molecule has 4 atom stereocenters. The Hall–Kier alpha value is -0.160. The third kappa shape index (κ3) is 2.94. The summed E-state index contributed by atoms with van der Waals surface area (Å²) in [6.45, 7) is 7.05. The molecule has 4 nitrogen and oxygen atoms in total. The maximum absolute atomic E-state index is 5.88. The van der Waals surface area contributed by atoms with Gasteiger partial charge in [-0.3, -0.25) is 4.90 Å². The van der Waals surface area contributed by atoms with Crippen LogP contribution in [0, 0.1) is 5.92 Å². The molecule has 1 aliphatic rings. The van der Waals surface area contributed by atoms with Crippen molar-refractivity contribution < 1.29 is 9.47 Å². The molecular formula is C12H26N2O2. The van der Waals surface area contributed by atoms with Crippen LogP contribution in [-0.4, -0.2) is 57.0 Å². The van der Waals surface area contributed by atoms with Gasteiger partial charge in [0.2, 0.25) is 0 Å². The molecule has 0 aromatic carbocycles. The SMILES string of the molecule is CCC(C)C(CN)N1CC(OC)C(OC)C1. The Labute approximate surface area is 99.1 Å². The molecule has 0 radical (unpaired) electrons. The van der Waals surface area contributed by atoms with E-state index in [1.54, 1.807) is 14.2 Å². The summed E-state index contributed by atoms with van der Waals surface area (Å²) in [5.74, 6) is 0.623. The van der Waals surface area contributed by atoms with E-state index in [-0.39, 0.29) is 12.2 Å². The van der Waals surface area contributed by atoms with Crippen LogP contribution in [0.4, 0.5) is 0 Å². The third-order valence-corrected chi connectivity index (χ3v) is 3.86. The van der Waals surface area contributed by atoms with Gasteiger partial charge >= 0.3 is 0 Å². The molecule has 1 rings (SSSR count). The molecular weight excluding hydrogens is 204 g/mol. The molecule has 16 heavy (non-hydrogen) atoms. The van der Waals surface area contributed by atoms with Crippen molar-refractivity contribution in [3.05, 3.63) is 0 Å². The Morgan fingerprint density at radius 3 is 2.06 bits per heavy atom. The molecule has 0 aromatic rings. The van der Waals surface area contributed by atoms with E-state index in [4.69, 9.17) is 15.2 Å². The molecule has 0 spiro atoms. The highest BCUT2D eigenvalue weighted by molar-refractivity contribution is 4.91.